The standard InChI is InChI=1S/C17H14F3NO3/c1-21-15(22)23-11-16(21,24-17(18,19)20)14-9-7-13(8-10-14)12-5-3-2-4-6-12/h2-10H,11H2,1H3. The molecular formula is C17H14F3NO3. The average molecular weight is 337 g/mol. The first-order chi connectivity index (χ1) is 11.3. The number of halogens is 3. The van der Waals surface area contributed by atoms with Gasteiger partial charge in [-0.1, -0.05) is 54.6 Å². The Morgan fingerprint density at radius 2 is 1.62 bits per heavy atom. The molecule has 1 atom stereocenters. The maximum Gasteiger partial charge on any atom is 0.524 e. The molecule has 1 heterocycles. The third-order valence-electron chi connectivity index (χ3n) is 3.93. The molecule has 1 aliphatic heterocycles. The Morgan fingerprint density at radius 1 is 1.04 bits per heavy atom. The van der Waals surface area contributed by atoms with Gasteiger partial charge in [-0.3, -0.25) is 9.64 Å². The molecule has 0 N–H and O–H groups in total. The third kappa shape index (κ3) is 2.94. The van der Waals surface area contributed by atoms with E-state index in [4.69, 9.17) is 4.74 Å². The number of likely N-dealkylation sites (N-methyl/N-ethyl adjacent to an activating group) is 1. The summed E-state index contributed by atoms with van der Waals surface area (Å²) < 4.78 is 47.6. The van der Waals surface area contributed by atoms with Crippen molar-refractivity contribution >= 4 is 6.09 Å². The normalized spacial score (nSPS) is 21.0. The largest absolute Gasteiger partial charge is 0.524 e. The number of carbonyl (C=O) groups is 1. The molecule has 0 spiro atoms. The van der Waals surface area contributed by atoms with Crippen molar-refractivity contribution in [1.29, 1.82) is 0 Å². The summed E-state index contributed by atoms with van der Waals surface area (Å²) in [7, 11) is 1.21. The molecule has 1 saturated heterocycles. The second kappa shape index (κ2) is 5.83. The molecule has 1 fully saturated rings. The number of rotatable bonds is 3. The summed E-state index contributed by atoms with van der Waals surface area (Å²) in [6, 6.07) is 15.8. The molecule has 1 aliphatic rings. The van der Waals surface area contributed by atoms with Crippen molar-refractivity contribution in [1.82, 2.24) is 4.90 Å². The van der Waals surface area contributed by atoms with E-state index in [1.807, 2.05) is 30.3 Å². The van der Waals surface area contributed by atoms with Crippen molar-refractivity contribution < 1.29 is 27.4 Å². The number of ether oxygens (including phenoxy) is 2. The first-order valence-corrected chi connectivity index (χ1v) is 7.15. The van der Waals surface area contributed by atoms with Crippen LogP contribution in [0.5, 0.6) is 0 Å². The molecule has 0 saturated carbocycles. The lowest BCUT2D eigenvalue weighted by atomic mass is 9.98. The number of nitrogens with zero attached hydrogens (tertiary/aromatic N) is 1. The van der Waals surface area contributed by atoms with Gasteiger partial charge in [-0.15, -0.1) is 13.2 Å². The van der Waals surface area contributed by atoms with E-state index >= 15 is 0 Å². The average Bonchev–Trinajstić information content (AvgIpc) is 2.84. The SMILES string of the molecule is CN1C(=O)OCC1(OC(F)(F)F)c1ccc(-c2ccccc2)cc1. The van der Waals surface area contributed by atoms with Gasteiger partial charge in [0.15, 0.2) is 0 Å². The van der Waals surface area contributed by atoms with Crippen molar-refractivity contribution in [2.75, 3.05) is 13.7 Å². The molecule has 24 heavy (non-hydrogen) atoms. The molecule has 4 nitrogen and oxygen atoms in total. The number of carbonyl (C=O) groups excluding carboxylic acids is 1. The quantitative estimate of drug-likeness (QED) is 0.845. The minimum Gasteiger partial charge on any atom is -0.444 e. The maximum atomic E-state index is 12.9. The van der Waals surface area contributed by atoms with Crippen molar-refractivity contribution in [3.8, 4) is 11.1 Å². The Morgan fingerprint density at radius 3 is 2.12 bits per heavy atom. The molecule has 0 aliphatic carbocycles. The highest BCUT2D eigenvalue weighted by molar-refractivity contribution is 5.71. The van der Waals surface area contributed by atoms with Crippen LogP contribution in [0.25, 0.3) is 11.1 Å². The fourth-order valence-electron chi connectivity index (χ4n) is 2.68. The van der Waals surface area contributed by atoms with Crippen LogP contribution >= 0.6 is 0 Å². The lowest BCUT2D eigenvalue weighted by Crippen LogP contribution is -2.47. The van der Waals surface area contributed by atoms with Crippen LogP contribution in [0.4, 0.5) is 18.0 Å². The summed E-state index contributed by atoms with van der Waals surface area (Å²) in [4.78, 5) is 12.4. The van der Waals surface area contributed by atoms with Crippen LogP contribution in [0.1, 0.15) is 5.56 Å². The Balaban J connectivity index is 1.99. The summed E-state index contributed by atoms with van der Waals surface area (Å²) in [5, 5.41) is 0. The lowest BCUT2D eigenvalue weighted by molar-refractivity contribution is -0.387. The van der Waals surface area contributed by atoms with E-state index in [1.54, 1.807) is 12.1 Å². The van der Waals surface area contributed by atoms with E-state index in [-0.39, 0.29) is 5.56 Å². The highest BCUT2D eigenvalue weighted by Crippen LogP contribution is 2.40. The fourth-order valence-corrected chi connectivity index (χ4v) is 2.68. The van der Waals surface area contributed by atoms with Gasteiger partial charge in [-0.25, -0.2) is 4.79 Å². The summed E-state index contributed by atoms with van der Waals surface area (Å²) >= 11 is 0. The highest BCUT2D eigenvalue weighted by Gasteiger charge is 2.54. The van der Waals surface area contributed by atoms with Crippen LogP contribution in [-0.2, 0) is 15.2 Å². The third-order valence-corrected chi connectivity index (χ3v) is 3.93. The van der Waals surface area contributed by atoms with Crippen LogP contribution in [-0.4, -0.2) is 31.0 Å². The number of benzene rings is 2. The molecule has 1 amide bonds. The summed E-state index contributed by atoms with van der Waals surface area (Å²) in [5.74, 6) is 0. The molecule has 2 aromatic carbocycles. The van der Waals surface area contributed by atoms with Gasteiger partial charge in [0.2, 0.25) is 5.72 Å². The van der Waals surface area contributed by atoms with E-state index in [2.05, 4.69) is 4.74 Å². The van der Waals surface area contributed by atoms with Crippen molar-refractivity contribution in [3.05, 3.63) is 60.2 Å². The first kappa shape index (κ1) is 16.3. The molecule has 0 radical (unpaired) electrons. The highest BCUT2D eigenvalue weighted by atomic mass is 19.4. The fraction of sp³-hybridized carbons (Fsp3) is 0.235. The second-order valence-corrected chi connectivity index (χ2v) is 5.39. The zero-order valence-electron chi connectivity index (χ0n) is 12.7. The van der Waals surface area contributed by atoms with Gasteiger partial charge in [0.05, 0.1) is 0 Å². The molecule has 2 aromatic rings. The summed E-state index contributed by atoms with van der Waals surface area (Å²) in [5.41, 5.74) is -0.0610. The molecule has 3 rings (SSSR count). The molecule has 0 aromatic heterocycles. The summed E-state index contributed by atoms with van der Waals surface area (Å²) in [6.45, 7) is -0.535. The zero-order valence-corrected chi connectivity index (χ0v) is 12.7. The van der Waals surface area contributed by atoms with Gasteiger partial charge in [0.25, 0.3) is 0 Å². The van der Waals surface area contributed by atoms with Crippen molar-refractivity contribution in [2.45, 2.75) is 12.1 Å². The minimum absolute atomic E-state index is 0.188. The Kier molecular flexibility index (Phi) is 3.96. The van der Waals surface area contributed by atoms with Crippen LogP contribution in [0.15, 0.2) is 54.6 Å². The molecular weight excluding hydrogens is 323 g/mol. The monoisotopic (exact) mass is 337 g/mol. The van der Waals surface area contributed by atoms with E-state index in [9.17, 15) is 18.0 Å². The number of amides is 1. The number of hydrogen-bond acceptors (Lipinski definition) is 3. The zero-order chi connectivity index (χ0) is 17.4. The Labute approximate surface area is 136 Å². The lowest BCUT2D eigenvalue weighted by Gasteiger charge is -2.33. The Hall–Kier alpha value is -2.54. The maximum absolute atomic E-state index is 12.9. The second-order valence-electron chi connectivity index (χ2n) is 5.39. The van der Waals surface area contributed by atoms with E-state index in [0.29, 0.717) is 0 Å². The van der Waals surface area contributed by atoms with E-state index < -0.39 is 24.8 Å². The van der Waals surface area contributed by atoms with Crippen LogP contribution in [0.2, 0.25) is 0 Å². The molecule has 0 bridgehead atoms. The van der Waals surface area contributed by atoms with Crippen LogP contribution in [0, 0.1) is 0 Å². The van der Waals surface area contributed by atoms with Crippen molar-refractivity contribution in [2.24, 2.45) is 0 Å². The topological polar surface area (TPSA) is 38.8 Å². The van der Waals surface area contributed by atoms with Gasteiger partial charge in [-0.05, 0) is 11.1 Å². The number of alkyl halides is 3. The minimum atomic E-state index is -4.92. The number of hydrogen-bond donors (Lipinski definition) is 0. The summed E-state index contributed by atoms with van der Waals surface area (Å²) in [6.07, 6.45) is -5.79. The Bertz CT molecular complexity index is 731. The van der Waals surface area contributed by atoms with Gasteiger partial charge in [0.1, 0.15) is 6.61 Å². The van der Waals surface area contributed by atoms with Crippen molar-refractivity contribution in [3.63, 3.8) is 0 Å². The predicted molar refractivity (Wildman–Crippen MR) is 79.8 cm³/mol. The first-order valence-electron chi connectivity index (χ1n) is 7.15. The van der Waals surface area contributed by atoms with Crippen LogP contribution < -0.4 is 0 Å². The van der Waals surface area contributed by atoms with Crippen LogP contribution in [0.3, 0.4) is 0 Å². The molecule has 126 valence electrons. The smallest absolute Gasteiger partial charge is 0.444 e. The molecule has 1 unspecified atom stereocenters. The van der Waals surface area contributed by atoms with E-state index in [0.717, 1.165) is 16.0 Å². The predicted octanol–water partition coefficient (Wildman–Crippen LogP) is 4.12. The molecule has 7 heteroatoms. The van der Waals surface area contributed by atoms with Gasteiger partial charge < -0.3 is 4.74 Å². The number of cyclic esters (lactones) is 1. The van der Waals surface area contributed by atoms with Gasteiger partial charge in [-0.2, -0.15) is 0 Å². The van der Waals surface area contributed by atoms with Gasteiger partial charge >= 0.3 is 12.5 Å². The van der Waals surface area contributed by atoms with E-state index in [1.165, 1.54) is 19.2 Å². The van der Waals surface area contributed by atoms with Gasteiger partial charge in [0, 0.05) is 12.6 Å².